The van der Waals surface area contributed by atoms with Gasteiger partial charge in [0.2, 0.25) is 5.89 Å². The molecule has 1 unspecified atom stereocenters. The van der Waals surface area contributed by atoms with Crippen LogP contribution in [0.15, 0.2) is 34.9 Å². The second-order valence-corrected chi connectivity index (χ2v) is 5.45. The molecule has 0 radical (unpaired) electrons. The fraction of sp³-hybridized carbons (Fsp3) is 0.375. The zero-order valence-electron chi connectivity index (χ0n) is 12.0. The maximum atomic E-state index is 13.2. The van der Waals surface area contributed by atoms with Gasteiger partial charge in [0.1, 0.15) is 11.9 Å². The molecule has 116 valence electrons. The van der Waals surface area contributed by atoms with Gasteiger partial charge in [0.25, 0.3) is 0 Å². The van der Waals surface area contributed by atoms with Gasteiger partial charge in [-0.25, -0.2) is 9.37 Å². The molecule has 0 spiro atoms. The van der Waals surface area contributed by atoms with Crippen molar-refractivity contribution in [3.63, 3.8) is 0 Å². The minimum Gasteiger partial charge on any atom is -0.480 e. The standard InChI is InChI=1S/C16H17FN2O3/c17-12-5-3-4-11(8-12)14-9-18-15(22-14)10-19-7-2-1-6-13(19)16(20)21/h3-5,8-9,13H,1-2,6-7,10H2,(H,20,21). The Hall–Kier alpha value is -2.21. The van der Waals surface area contributed by atoms with Crippen molar-refractivity contribution >= 4 is 5.97 Å². The Bertz CT molecular complexity index is 671. The van der Waals surface area contributed by atoms with Crippen LogP contribution in [0.25, 0.3) is 11.3 Å². The summed E-state index contributed by atoms with van der Waals surface area (Å²) in [6.07, 6.45) is 4.09. The fourth-order valence-electron chi connectivity index (χ4n) is 2.79. The molecule has 6 heteroatoms. The topological polar surface area (TPSA) is 66.6 Å². The lowest BCUT2D eigenvalue weighted by atomic mass is 10.0. The van der Waals surface area contributed by atoms with E-state index in [1.165, 1.54) is 12.1 Å². The fourth-order valence-corrected chi connectivity index (χ4v) is 2.79. The Kier molecular flexibility index (Phi) is 4.20. The maximum absolute atomic E-state index is 13.2. The van der Waals surface area contributed by atoms with Crippen molar-refractivity contribution in [2.24, 2.45) is 0 Å². The van der Waals surface area contributed by atoms with Crippen molar-refractivity contribution in [1.29, 1.82) is 0 Å². The molecule has 3 rings (SSSR count). The van der Waals surface area contributed by atoms with Gasteiger partial charge >= 0.3 is 5.97 Å². The Morgan fingerprint density at radius 2 is 2.32 bits per heavy atom. The van der Waals surface area contributed by atoms with Crippen molar-refractivity contribution in [2.45, 2.75) is 31.8 Å². The van der Waals surface area contributed by atoms with E-state index >= 15 is 0 Å². The minimum absolute atomic E-state index is 0.336. The number of likely N-dealkylation sites (tertiary alicyclic amines) is 1. The number of benzene rings is 1. The smallest absolute Gasteiger partial charge is 0.320 e. The number of halogens is 1. The van der Waals surface area contributed by atoms with Gasteiger partial charge in [-0.3, -0.25) is 9.69 Å². The first-order valence-corrected chi connectivity index (χ1v) is 7.31. The number of hydrogen-bond donors (Lipinski definition) is 1. The summed E-state index contributed by atoms with van der Waals surface area (Å²) >= 11 is 0. The first-order chi connectivity index (χ1) is 10.6. The van der Waals surface area contributed by atoms with Crippen LogP contribution >= 0.6 is 0 Å². The zero-order chi connectivity index (χ0) is 15.5. The van der Waals surface area contributed by atoms with Crippen LogP contribution in [0.1, 0.15) is 25.2 Å². The SMILES string of the molecule is O=C(O)C1CCCCN1Cc1ncc(-c2cccc(F)c2)o1. The highest BCUT2D eigenvalue weighted by Crippen LogP contribution is 2.24. The van der Waals surface area contributed by atoms with Gasteiger partial charge in [0, 0.05) is 5.56 Å². The second kappa shape index (κ2) is 6.27. The molecule has 0 saturated carbocycles. The number of carboxylic acids is 1. The Labute approximate surface area is 127 Å². The number of oxazole rings is 1. The third-order valence-corrected chi connectivity index (χ3v) is 3.90. The highest BCUT2D eigenvalue weighted by atomic mass is 19.1. The summed E-state index contributed by atoms with van der Waals surface area (Å²) in [5.74, 6) is -0.208. The summed E-state index contributed by atoms with van der Waals surface area (Å²) in [7, 11) is 0. The third kappa shape index (κ3) is 3.17. The van der Waals surface area contributed by atoms with Crippen LogP contribution in [-0.2, 0) is 11.3 Å². The van der Waals surface area contributed by atoms with Gasteiger partial charge in [-0.2, -0.15) is 0 Å². The van der Waals surface area contributed by atoms with E-state index in [1.807, 2.05) is 4.90 Å². The van der Waals surface area contributed by atoms with Gasteiger partial charge < -0.3 is 9.52 Å². The van der Waals surface area contributed by atoms with Crippen LogP contribution in [-0.4, -0.2) is 33.5 Å². The lowest BCUT2D eigenvalue weighted by Crippen LogP contribution is -2.44. The normalized spacial score (nSPS) is 19.2. The van der Waals surface area contributed by atoms with Crippen molar-refractivity contribution in [2.75, 3.05) is 6.54 Å². The molecule has 0 bridgehead atoms. The van der Waals surface area contributed by atoms with Crippen molar-refractivity contribution in [1.82, 2.24) is 9.88 Å². The summed E-state index contributed by atoms with van der Waals surface area (Å²) in [5, 5.41) is 9.27. The molecule has 1 N–H and O–H groups in total. The van der Waals surface area contributed by atoms with Crippen LogP contribution in [0.4, 0.5) is 4.39 Å². The highest BCUT2D eigenvalue weighted by molar-refractivity contribution is 5.73. The van der Waals surface area contributed by atoms with Crippen LogP contribution in [0, 0.1) is 5.82 Å². The quantitative estimate of drug-likeness (QED) is 0.940. The molecule has 1 aromatic heterocycles. The first-order valence-electron chi connectivity index (χ1n) is 7.31. The molecule has 5 nitrogen and oxygen atoms in total. The van der Waals surface area contributed by atoms with Crippen molar-refractivity contribution in [3.8, 4) is 11.3 Å². The van der Waals surface area contributed by atoms with E-state index in [1.54, 1.807) is 18.3 Å². The molecule has 1 fully saturated rings. The predicted molar refractivity (Wildman–Crippen MR) is 77.6 cm³/mol. The monoisotopic (exact) mass is 304 g/mol. The van der Waals surface area contributed by atoms with E-state index < -0.39 is 12.0 Å². The largest absolute Gasteiger partial charge is 0.480 e. The van der Waals surface area contributed by atoms with Gasteiger partial charge in [-0.1, -0.05) is 18.6 Å². The molecule has 22 heavy (non-hydrogen) atoms. The number of carboxylic acid groups (broad SMARTS) is 1. The van der Waals surface area contributed by atoms with Gasteiger partial charge in [0.05, 0.1) is 12.7 Å². The van der Waals surface area contributed by atoms with E-state index in [2.05, 4.69) is 4.98 Å². The van der Waals surface area contributed by atoms with Crippen molar-refractivity contribution < 1.29 is 18.7 Å². The third-order valence-electron chi connectivity index (χ3n) is 3.90. The number of nitrogens with zero attached hydrogens (tertiary/aromatic N) is 2. The first kappa shape index (κ1) is 14.7. The summed E-state index contributed by atoms with van der Waals surface area (Å²) in [6, 6.07) is 5.61. The summed E-state index contributed by atoms with van der Waals surface area (Å²) in [4.78, 5) is 17.3. The lowest BCUT2D eigenvalue weighted by molar-refractivity contribution is -0.145. The van der Waals surface area contributed by atoms with E-state index in [0.717, 1.165) is 12.8 Å². The number of hydrogen-bond acceptors (Lipinski definition) is 4. The Balaban J connectivity index is 1.75. The molecule has 2 aromatic rings. The average molecular weight is 304 g/mol. The maximum Gasteiger partial charge on any atom is 0.320 e. The molecule has 1 saturated heterocycles. The molecule has 1 aliphatic rings. The second-order valence-electron chi connectivity index (χ2n) is 5.45. The van der Waals surface area contributed by atoms with Gasteiger partial charge in [-0.05, 0) is 31.5 Å². The molecular weight excluding hydrogens is 287 g/mol. The van der Waals surface area contributed by atoms with E-state index in [4.69, 9.17) is 4.42 Å². The van der Waals surface area contributed by atoms with Crippen LogP contribution in [0.5, 0.6) is 0 Å². The number of piperidine rings is 1. The minimum atomic E-state index is -0.809. The summed E-state index contributed by atoms with van der Waals surface area (Å²) in [5.41, 5.74) is 0.618. The van der Waals surface area contributed by atoms with E-state index in [9.17, 15) is 14.3 Å². The predicted octanol–water partition coefficient (Wildman–Crippen LogP) is 2.92. The van der Waals surface area contributed by atoms with Crippen LogP contribution < -0.4 is 0 Å². The molecule has 0 amide bonds. The number of aliphatic carboxylic acids is 1. The van der Waals surface area contributed by atoms with Gasteiger partial charge in [-0.15, -0.1) is 0 Å². The highest BCUT2D eigenvalue weighted by Gasteiger charge is 2.29. The molecule has 2 heterocycles. The number of carbonyl (C=O) groups is 1. The Morgan fingerprint density at radius 1 is 1.45 bits per heavy atom. The van der Waals surface area contributed by atoms with E-state index in [0.29, 0.717) is 36.7 Å². The molecule has 1 aromatic carbocycles. The van der Waals surface area contributed by atoms with Gasteiger partial charge in [0.15, 0.2) is 5.76 Å². The zero-order valence-corrected chi connectivity index (χ0v) is 12.0. The van der Waals surface area contributed by atoms with Crippen LogP contribution in [0.2, 0.25) is 0 Å². The molecular formula is C16H17FN2O3. The summed E-state index contributed by atoms with van der Waals surface area (Å²) in [6.45, 7) is 1.07. The number of aromatic nitrogens is 1. The average Bonchev–Trinajstić information content (AvgIpc) is 2.96. The molecule has 1 atom stereocenters. The lowest BCUT2D eigenvalue weighted by Gasteiger charge is -2.31. The summed E-state index contributed by atoms with van der Waals surface area (Å²) < 4.78 is 18.9. The van der Waals surface area contributed by atoms with Crippen LogP contribution in [0.3, 0.4) is 0 Å². The van der Waals surface area contributed by atoms with Crippen molar-refractivity contribution in [3.05, 3.63) is 42.2 Å². The van der Waals surface area contributed by atoms with E-state index in [-0.39, 0.29) is 5.82 Å². The Morgan fingerprint density at radius 3 is 3.09 bits per heavy atom. The molecule has 1 aliphatic heterocycles. The molecule has 0 aliphatic carbocycles. The number of rotatable bonds is 4.